The van der Waals surface area contributed by atoms with E-state index in [1.807, 2.05) is 12.3 Å². The van der Waals surface area contributed by atoms with Crippen molar-refractivity contribution in [3.63, 3.8) is 0 Å². The topological polar surface area (TPSA) is 54.6 Å². The summed E-state index contributed by atoms with van der Waals surface area (Å²) in [5.74, 6) is 1.56. The molecular formula is C25H29FN2O3. The Hall–Kier alpha value is -2.86. The minimum atomic E-state index is -0.192. The Morgan fingerprint density at radius 2 is 1.97 bits per heavy atom. The van der Waals surface area contributed by atoms with Crippen LogP contribution in [0.4, 0.5) is 4.39 Å². The number of H-pyrrole nitrogens is 1. The van der Waals surface area contributed by atoms with Gasteiger partial charge >= 0.3 is 0 Å². The van der Waals surface area contributed by atoms with Crippen LogP contribution in [0.5, 0.6) is 11.5 Å². The van der Waals surface area contributed by atoms with Crippen LogP contribution in [-0.2, 0) is 0 Å². The number of aromatic nitrogens is 1. The summed E-state index contributed by atoms with van der Waals surface area (Å²) in [6.07, 6.45) is 5.02. The minimum Gasteiger partial charge on any atom is -0.493 e. The van der Waals surface area contributed by atoms with Gasteiger partial charge in [0.05, 0.1) is 13.7 Å². The zero-order valence-corrected chi connectivity index (χ0v) is 18.1. The third-order valence-electron chi connectivity index (χ3n) is 6.13. The lowest BCUT2D eigenvalue weighted by atomic mass is 9.91. The highest BCUT2D eigenvalue weighted by Gasteiger charge is 2.23. The van der Waals surface area contributed by atoms with Crippen molar-refractivity contribution in [1.82, 2.24) is 9.88 Å². The molecule has 5 nitrogen and oxygen atoms in total. The fraction of sp³-hybridized carbons (Fsp3) is 0.400. The van der Waals surface area contributed by atoms with Crippen LogP contribution in [0, 0.1) is 5.82 Å². The molecule has 0 atom stereocenters. The Morgan fingerprint density at radius 1 is 1.16 bits per heavy atom. The number of nitrogens with one attached hydrogen (secondary N) is 1. The van der Waals surface area contributed by atoms with E-state index in [1.165, 1.54) is 18.7 Å². The summed E-state index contributed by atoms with van der Waals surface area (Å²) in [5, 5.41) is 2.08. The van der Waals surface area contributed by atoms with Crippen LogP contribution in [0.25, 0.3) is 10.8 Å². The van der Waals surface area contributed by atoms with Crippen LogP contribution in [0.1, 0.15) is 48.2 Å². The maximum Gasteiger partial charge on any atom is 0.161 e. The summed E-state index contributed by atoms with van der Waals surface area (Å²) in [6.45, 7) is 5.21. The average molecular weight is 425 g/mol. The Labute approximate surface area is 182 Å². The van der Waals surface area contributed by atoms with Crippen molar-refractivity contribution in [2.75, 3.05) is 33.4 Å². The number of ketones is 1. The molecule has 1 aliphatic heterocycles. The molecule has 164 valence electrons. The lowest BCUT2D eigenvalue weighted by molar-refractivity contribution is 0.101. The molecule has 1 aliphatic rings. The Kier molecular flexibility index (Phi) is 6.56. The number of halogens is 1. The standard InChI is InChI=1S/C25H29FN2O3/c1-17(29)19-4-7-23(24(15-19)30-2)31-13-3-10-28-11-8-18(9-12-28)25-22-6-5-21(26)14-20(22)16-27-25/h4-7,14-16,18,27H,3,8-13H2,1-2H3. The van der Waals surface area contributed by atoms with E-state index in [9.17, 15) is 9.18 Å². The van der Waals surface area contributed by atoms with Gasteiger partial charge in [-0.2, -0.15) is 0 Å². The number of rotatable bonds is 8. The Balaban J connectivity index is 1.24. The van der Waals surface area contributed by atoms with Crippen molar-refractivity contribution < 1.29 is 18.7 Å². The number of hydrogen-bond donors (Lipinski definition) is 1. The number of aromatic amines is 1. The maximum atomic E-state index is 13.4. The van der Waals surface area contributed by atoms with Crippen molar-refractivity contribution in [1.29, 1.82) is 0 Å². The molecule has 0 saturated carbocycles. The average Bonchev–Trinajstić information content (AvgIpc) is 3.20. The monoisotopic (exact) mass is 424 g/mol. The Bertz CT molecular complexity index is 1050. The molecule has 1 saturated heterocycles. The zero-order valence-electron chi connectivity index (χ0n) is 18.1. The van der Waals surface area contributed by atoms with Gasteiger partial charge in [-0.15, -0.1) is 0 Å². The van der Waals surface area contributed by atoms with E-state index >= 15 is 0 Å². The molecule has 2 heterocycles. The molecule has 1 fully saturated rings. The van der Waals surface area contributed by atoms with E-state index < -0.39 is 0 Å². The number of carbonyl (C=O) groups is 1. The number of likely N-dealkylation sites (tertiary alicyclic amines) is 1. The SMILES string of the molecule is COc1cc(C(C)=O)ccc1OCCCN1CCC(c2[nH]cc3cc(F)ccc23)CC1. The molecule has 0 spiro atoms. The largest absolute Gasteiger partial charge is 0.493 e. The molecule has 4 rings (SSSR count). The van der Waals surface area contributed by atoms with Gasteiger partial charge < -0.3 is 19.4 Å². The van der Waals surface area contributed by atoms with Crippen LogP contribution < -0.4 is 9.47 Å². The highest BCUT2D eigenvalue weighted by atomic mass is 19.1. The fourth-order valence-corrected chi connectivity index (χ4v) is 4.39. The lowest BCUT2D eigenvalue weighted by Crippen LogP contribution is -2.34. The number of methoxy groups -OCH3 is 1. The molecule has 3 aromatic rings. The fourth-order valence-electron chi connectivity index (χ4n) is 4.39. The predicted molar refractivity (Wildman–Crippen MR) is 120 cm³/mol. The van der Waals surface area contributed by atoms with Gasteiger partial charge in [-0.1, -0.05) is 0 Å². The molecule has 0 amide bonds. The molecule has 1 aromatic heterocycles. The van der Waals surface area contributed by atoms with Gasteiger partial charge in [-0.05, 0) is 75.7 Å². The number of hydrogen-bond acceptors (Lipinski definition) is 4. The third kappa shape index (κ3) is 4.90. The first-order valence-corrected chi connectivity index (χ1v) is 10.9. The molecule has 31 heavy (non-hydrogen) atoms. The molecular weight excluding hydrogens is 395 g/mol. The van der Waals surface area contributed by atoms with Crippen molar-refractivity contribution in [3.8, 4) is 11.5 Å². The molecule has 2 aromatic carbocycles. The van der Waals surface area contributed by atoms with Gasteiger partial charge in [-0.25, -0.2) is 4.39 Å². The number of nitrogens with zero attached hydrogens (tertiary/aromatic N) is 1. The lowest BCUT2D eigenvalue weighted by Gasteiger charge is -2.31. The van der Waals surface area contributed by atoms with E-state index in [4.69, 9.17) is 9.47 Å². The van der Waals surface area contributed by atoms with E-state index in [1.54, 1.807) is 31.4 Å². The van der Waals surface area contributed by atoms with Crippen molar-refractivity contribution >= 4 is 16.6 Å². The highest BCUT2D eigenvalue weighted by molar-refractivity contribution is 5.94. The molecule has 0 radical (unpaired) electrons. The van der Waals surface area contributed by atoms with E-state index in [0.29, 0.717) is 29.6 Å². The second-order valence-corrected chi connectivity index (χ2v) is 8.17. The van der Waals surface area contributed by atoms with Crippen LogP contribution >= 0.6 is 0 Å². The molecule has 6 heteroatoms. The summed E-state index contributed by atoms with van der Waals surface area (Å²) in [5.41, 5.74) is 1.85. The maximum absolute atomic E-state index is 13.4. The van der Waals surface area contributed by atoms with Gasteiger partial charge in [0, 0.05) is 40.7 Å². The summed E-state index contributed by atoms with van der Waals surface area (Å²) in [4.78, 5) is 17.4. The van der Waals surface area contributed by atoms with Gasteiger partial charge in [0.1, 0.15) is 5.82 Å². The van der Waals surface area contributed by atoms with Crippen LogP contribution in [0.2, 0.25) is 0 Å². The van der Waals surface area contributed by atoms with E-state index in [-0.39, 0.29) is 11.6 Å². The molecule has 0 bridgehead atoms. The van der Waals surface area contributed by atoms with Crippen LogP contribution in [0.15, 0.2) is 42.6 Å². The zero-order chi connectivity index (χ0) is 21.8. The smallest absolute Gasteiger partial charge is 0.161 e. The van der Waals surface area contributed by atoms with Gasteiger partial charge in [0.25, 0.3) is 0 Å². The number of ether oxygens (including phenoxy) is 2. The molecule has 1 N–H and O–H groups in total. The highest BCUT2D eigenvalue weighted by Crippen LogP contribution is 2.33. The van der Waals surface area contributed by atoms with Crippen molar-refractivity contribution in [2.45, 2.75) is 32.1 Å². The van der Waals surface area contributed by atoms with Gasteiger partial charge in [0.15, 0.2) is 17.3 Å². The van der Waals surface area contributed by atoms with E-state index in [0.717, 1.165) is 49.7 Å². The number of carbonyl (C=O) groups excluding carboxylic acids is 1. The number of Topliss-reactive ketones (excluding diaryl/α,β-unsaturated/α-hetero) is 1. The van der Waals surface area contributed by atoms with Crippen molar-refractivity contribution in [3.05, 3.63) is 59.7 Å². The first kappa shape index (κ1) is 21.4. The quantitative estimate of drug-likeness (QED) is 0.401. The summed E-state index contributed by atoms with van der Waals surface area (Å²) >= 11 is 0. The summed E-state index contributed by atoms with van der Waals surface area (Å²) in [7, 11) is 1.58. The first-order chi connectivity index (χ1) is 15.0. The summed E-state index contributed by atoms with van der Waals surface area (Å²) < 4.78 is 24.7. The normalized spacial score (nSPS) is 15.3. The minimum absolute atomic E-state index is 0.00719. The third-order valence-corrected chi connectivity index (χ3v) is 6.13. The number of piperidine rings is 1. The van der Waals surface area contributed by atoms with Crippen LogP contribution in [-0.4, -0.2) is 49.0 Å². The Morgan fingerprint density at radius 3 is 2.71 bits per heavy atom. The summed E-state index contributed by atoms with van der Waals surface area (Å²) in [6, 6.07) is 10.3. The van der Waals surface area contributed by atoms with Crippen molar-refractivity contribution in [2.24, 2.45) is 0 Å². The molecule has 0 aliphatic carbocycles. The first-order valence-electron chi connectivity index (χ1n) is 10.9. The second-order valence-electron chi connectivity index (χ2n) is 8.17. The van der Waals surface area contributed by atoms with E-state index in [2.05, 4.69) is 9.88 Å². The predicted octanol–water partition coefficient (Wildman–Crippen LogP) is 5.17. The number of benzene rings is 2. The van der Waals surface area contributed by atoms with Crippen LogP contribution in [0.3, 0.4) is 0 Å². The van der Waals surface area contributed by atoms with Gasteiger partial charge in [0.2, 0.25) is 0 Å². The van der Waals surface area contributed by atoms with Gasteiger partial charge in [-0.3, -0.25) is 4.79 Å². The molecule has 0 unspecified atom stereocenters. The second kappa shape index (κ2) is 9.52. The number of fused-ring (bicyclic) bond motifs is 1.